The minimum atomic E-state index is -0.921. The predicted octanol–water partition coefficient (Wildman–Crippen LogP) is 3.30. The van der Waals surface area contributed by atoms with E-state index >= 15 is 0 Å². The molecular formula is C16H22O4. The van der Waals surface area contributed by atoms with Gasteiger partial charge in [-0.3, -0.25) is 4.79 Å². The molecule has 1 rings (SSSR count). The number of benzene rings is 1. The number of aromatic carboxylic acids is 1. The smallest absolute Gasteiger partial charge is 0.335 e. The van der Waals surface area contributed by atoms with E-state index in [1.807, 2.05) is 13.8 Å². The summed E-state index contributed by atoms with van der Waals surface area (Å²) in [6.07, 6.45) is 3.36. The number of hydrogen-bond donors (Lipinski definition) is 1. The Labute approximate surface area is 119 Å². The largest absolute Gasteiger partial charge is 0.478 e. The molecule has 0 saturated carbocycles. The van der Waals surface area contributed by atoms with Gasteiger partial charge in [-0.05, 0) is 37.0 Å². The number of carbonyl (C=O) groups excluding carboxylic acids is 1. The fourth-order valence-electron chi connectivity index (χ4n) is 1.96. The van der Waals surface area contributed by atoms with Gasteiger partial charge in [0.1, 0.15) is 0 Å². The maximum atomic E-state index is 11.6. The molecule has 20 heavy (non-hydrogen) atoms. The van der Waals surface area contributed by atoms with Crippen LogP contribution in [0.5, 0.6) is 0 Å². The lowest BCUT2D eigenvalue weighted by molar-refractivity contribution is -0.148. The summed E-state index contributed by atoms with van der Waals surface area (Å²) < 4.78 is 5.21. The normalized spacial score (nSPS) is 11.9. The molecule has 0 amide bonds. The van der Waals surface area contributed by atoms with E-state index in [4.69, 9.17) is 9.84 Å². The zero-order valence-electron chi connectivity index (χ0n) is 12.1. The standard InChI is InChI=1S/C16H22O4/c1-3-5-12(2)16(19)20-11-4-6-13-7-9-14(10-8-13)15(17)18/h7-10,12H,3-6,11H2,1-2H3,(H,17,18)/t12-/m0/s1. The number of esters is 1. The van der Waals surface area contributed by atoms with Crippen molar-refractivity contribution in [2.75, 3.05) is 6.61 Å². The maximum Gasteiger partial charge on any atom is 0.335 e. The minimum absolute atomic E-state index is 0.0325. The highest BCUT2D eigenvalue weighted by Crippen LogP contribution is 2.09. The molecule has 0 saturated heterocycles. The summed E-state index contributed by atoms with van der Waals surface area (Å²) >= 11 is 0. The average Bonchev–Trinajstić information content (AvgIpc) is 2.44. The molecule has 1 atom stereocenters. The molecule has 4 nitrogen and oxygen atoms in total. The first-order valence-corrected chi connectivity index (χ1v) is 7.03. The first-order valence-electron chi connectivity index (χ1n) is 7.03. The van der Waals surface area contributed by atoms with Crippen molar-refractivity contribution in [2.45, 2.75) is 39.5 Å². The molecule has 0 unspecified atom stereocenters. The molecule has 0 aliphatic heterocycles. The van der Waals surface area contributed by atoms with Crippen molar-refractivity contribution < 1.29 is 19.4 Å². The van der Waals surface area contributed by atoms with E-state index in [1.165, 1.54) is 0 Å². The second-order valence-corrected chi connectivity index (χ2v) is 4.96. The van der Waals surface area contributed by atoms with Crippen LogP contribution in [0.25, 0.3) is 0 Å². The van der Waals surface area contributed by atoms with Gasteiger partial charge in [0.2, 0.25) is 0 Å². The molecule has 0 aliphatic carbocycles. The predicted molar refractivity (Wildman–Crippen MR) is 76.8 cm³/mol. The summed E-state index contributed by atoms with van der Waals surface area (Å²) in [5, 5.41) is 8.79. The lowest BCUT2D eigenvalue weighted by Gasteiger charge is -2.10. The number of ether oxygens (including phenoxy) is 1. The van der Waals surface area contributed by atoms with Crippen LogP contribution < -0.4 is 0 Å². The summed E-state index contributed by atoms with van der Waals surface area (Å²) in [6.45, 7) is 4.34. The van der Waals surface area contributed by atoms with Crippen molar-refractivity contribution in [1.29, 1.82) is 0 Å². The van der Waals surface area contributed by atoms with Crippen molar-refractivity contribution in [2.24, 2.45) is 5.92 Å². The first kappa shape index (κ1) is 16.2. The molecule has 0 heterocycles. The Morgan fingerprint density at radius 3 is 2.45 bits per heavy atom. The van der Waals surface area contributed by atoms with Crippen LogP contribution in [0.4, 0.5) is 0 Å². The minimum Gasteiger partial charge on any atom is -0.478 e. The molecule has 0 bridgehead atoms. The number of carboxylic acid groups (broad SMARTS) is 1. The van der Waals surface area contributed by atoms with Crippen LogP contribution in [0.2, 0.25) is 0 Å². The van der Waals surface area contributed by atoms with Gasteiger partial charge >= 0.3 is 11.9 Å². The summed E-state index contributed by atoms with van der Waals surface area (Å²) in [7, 11) is 0. The van der Waals surface area contributed by atoms with Gasteiger partial charge in [0, 0.05) is 0 Å². The van der Waals surface area contributed by atoms with Crippen LogP contribution in [0.3, 0.4) is 0 Å². The maximum absolute atomic E-state index is 11.6. The van der Waals surface area contributed by atoms with Gasteiger partial charge in [0.05, 0.1) is 18.1 Å². The monoisotopic (exact) mass is 278 g/mol. The SMILES string of the molecule is CCC[C@H](C)C(=O)OCCCc1ccc(C(=O)O)cc1. The van der Waals surface area contributed by atoms with Gasteiger partial charge in [-0.25, -0.2) is 4.79 Å². The third kappa shape index (κ3) is 5.43. The summed E-state index contributed by atoms with van der Waals surface area (Å²) in [6, 6.07) is 6.77. The topological polar surface area (TPSA) is 63.6 Å². The van der Waals surface area contributed by atoms with Crippen LogP contribution in [0.15, 0.2) is 24.3 Å². The van der Waals surface area contributed by atoms with E-state index < -0.39 is 5.97 Å². The fourth-order valence-corrected chi connectivity index (χ4v) is 1.96. The molecule has 0 aliphatic rings. The summed E-state index contributed by atoms with van der Waals surface area (Å²) in [5.41, 5.74) is 1.33. The summed E-state index contributed by atoms with van der Waals surface area (Å²) in [4.78, 5) is 22.3. The van der Waals surface area contributed by atoms with E-state index in [9.17, 15) is 9.59 Å². The van der Waals surface area contributed by atoms with E-state index in [0.717, 1.165) is 31.2 Å². The third-order valence-electron chi connectivity index (χ3n) is 3.18. The fraction of sp³-hybridized carbons (Fsp3) is 0.500. The second kappa shape index (κ2) is 8.35. The number of carbonyl (C=O) groups is 2. The Morgan fingerprint density at radius 1 is 1.25 bits per heavy atom. The van der Waals surface area contributed by atoms with Gasteiger partial charge in [-0.15, -0.1) is 0 Å². The van der Waals surface area contributed by atoms with Crippen molar-refractivity contribution in [1.82, 2.24) is 0 Å². The molecule has 0 aromatic heterocycles. The molecule has 0 fully saturated rings. The van der Waals surface area contributed by atoms with Crippen molar-refractivity contribution in [3.05, 3.63) is 35.4 Å². The lowest BCUT2D eigenvalue weighted by atomic mass is 10.1. The van der Waals surface area contributed by atoms with Gasteiger partial charge in [-0.2, -0.15) is 0 Å². The lowest BCUT2D eigenvalue weighted by Crippen LogP contribution is -2.15. The Hall–Kier alpha value is -1.84. The number of hydrogen-bond acceptors (Lipinski definition) is 3. The number of rotatable bonds is 8. The molecule has 1 N–H and O–H groups in total. The Bertz CT molecular complexity index is 436. The Balaban J connectivity index is 2.27. The van der Waals surface area contributed by atoms with Crippen molar-refractivity contribution in [3.63, 3.8) is 0 Å². The number of aryl methyl sites for hydroxylation is 1. The molecule has 1 aromatic carbocycles. The zero-order valence-corrected chi connectivity index (χ0v) is 12.1. The van der Waals surface area contributed by atoms with E-state index in [2.05, 4.69) is 0 Å². The van der Waals surface area contributed by atoms with Crippen LogP contribution in [-0.2, 0) is 16.0 Å². The summed E-state index contributed by atoms with van der Waals surface area (Å²) in [5.74, 6) is -1.08. The first-order chi connectivity index (χ1) is 9.54. The Morgan fingerprint density at radius 2 is 1.90 bits per heavy atom. The van der Waals surface area contributed by atoms with E-state index in [1.54, 1.807) is 24.3 Å². The van der Waals surface area contributed by atoms with Gasteiger partial charge in [0.25, 0.3) is 0 Å². The molecule has 0 spiro atoms. The highest BCUT2D eigenvalue weighted by atomic mass is 16.5. The third-order valence-corrected chi connectivity index (χ3v) is 3.18. The zero-order chi connectivity index (χ0) is 15.0. The van der Waals surface area contributed by atoms with Crippen LogP contribution in [0.1, 0.15) is 49.0 Å². The van der Waals surface area contributed by atoms with Gasteiger partial charge < -0.3 is 9.84 Å². The second-order valence-electron chi connectivity index (χ2n) is 4.96. The quantitative estimate of drug-likeness (QED) is 0.585. The Kier molecular flexibility index (Phi) is 6.77. The molecule has 110 valence electrons. The van der Waals surface area contributed by atoms with Gasteiger partial charge in [-0.1, -0.05) is 32.4 Å². The highest BCUT2D eigenvalue weighted by Gasteiger charge is 2.12. The molecular weight excluding hydrogens is 256 g/mol. The van der Waals surface area contributed by atoms with Crippen LogP contribution >= 0.6 is 0 Å². The molecule has 1 aromatic rings. The molecule has 4 heteroatoms. The van der Waals surface area contributed by atoms with E-state index in [-0.39, 0.29) is 17.5 Å². The van der Waals surface area contributed by atoms with Crippen LogP contribution in [0, 0.1) is 5.92 Å². The average molecular weight is 278 g/mol. The van der Waals surface area contributed by atoms with Crippen molar-refractivity contribution >= 4 is 11.9 Å². The van der Waals surface area contributed by atoms with Crippen molar-refractivity contribution in [3.8, 4) is 0 Å². The van der Waals surface area contributed by atoms with E-state index in [0.29, 0.717) is 6.61 Å². The highest BCUT2D eigenvalue weighted by molar-refractivity contribution is 5.87. The van der Waals surface area contributed by atoms with Gasteiger partial charge in [0.15, 0.2) is 0 Å². The van der Waals surface area contributed by atoms with Crippen LogP contribution in [-0.4, -0.2) is 23.7 Å². The molecule has 0 radical (unpaired) electrons. The number of carboxylic acids is 1.